The first kappa shape index (κ1) is 14.5. The van der Waals surface area contributed by atoms with E-state index in [4.69, 9.17) is 4.74 Å². The van der Waals surface area contributed by atoms with E-state index in [1.807, 2.05) is 6.92 Å². The highest BCUT2D eigenvalue weighted by molar-refractivity contribution is 5.36. The molecule has 2 nitrogen and oxygen atoms in total. The molecule has 0 aliphatic heterocycles. The van der Waals surface area contributed by atoms with Crippen LogP contribution < -0.4 is 4.74 Å². The molecule has 0 unspecified atom stereocenters. The van der Waals surface area contributed by atoms with Gasteiger partial charge in [-0.3, -0.25) is 0 Å². The molecule has 0 bridgehead atoms. The number of hydrogen-bond donors (Lipinski definition) is 1. The second kappa shape index (κ2) is 6.01. The molecule has 0 heterocycles. The molecule has 4 heteroatoms. The molecule has 0 aliphatic rings. The molecule has 0 aliphatic carbocycles. The minimum atomic E-state index is -3.07. The minimum Gasteiger partial charge on any atom is -0.487 e. The van der Waals surface area contributed by atoms with Crippen LogP contribution in [-0.2, 0) is 12.5 Å². The largest absolute Gasteiger partial charge is 0.487 e. The van der Waals surface area contributed by atoms with Gasteiger partial charge in [0.2, 0.25) is 0 Å². The van der Waals surface area contributed by atoms with Crippen LogP contribution in [0.2, 0.25) is 0 Å². The highest BCUT2D eigenvalue weighted by Gasteiger charge is 2.32. The average molecular weight is 278 g/mol. The maximum Gasteiger partial charge on any atom is 0.306 e. The van der Waals surface area contributed by atoms with Crippen molar-refractivity contribution in [3.63, 3.8) is 0 Å². The Bertz CT molecular complexity index is 568. The van der Waals surface area contributed by atoms with Gasteiger partial charge in [0.1, 0.15) is 5.75 Å². The lowest BCUT2D eigenvalue weighted by molar-refractivity contribution is -0.0471. The molecule has 0 saturated heterocycles. The number of aliphatic hydroxyl groups is 1. The first-order chi connectivity index (χ1) is 9.53. The highest BCUT2D eigenvalue weighted by atomic mass is 19.3. The Morgan fingerprint density at radius 2 is 1.80 bits per heavy atom. The number of alkyl halides is 2. The van der Waals surface area contributed by atoms with Gasteiger partial charge in [0.25, 0.3) is 0 Å². The third kappa shape index (κ3) is 3.33. The number of aliphatic hydroxyl groups excluding tert-OH is 1. The van der Waals surface area contributed by atoms with Crippen molar-refractivity contribution in [1.82, 2.24) is 0 Å². The van der Waals surface area contributed by atoms with E-state index >= 15 is 0 Å². The molecule has 1 N–H and O–H groups in total. The van der Waals surface area contributed by atoms with E-state index in [9.17, 15) is 13.9 Å². The topological polar surface area (TPSA) is 29.5 Å². The number of rotatable bonds is 5. The lowest BCUT2D eigenvalue weighted by Crippen LogP contribution is -2.23. The standard InChI is InChI=1S/C16H16F2O2/c1-12-7-8-15(13(9-12)10-19)20-11-16(17,18)14-5-3-2-4-6-14/h2-9,19H,10-11H2,1H3. The molecule has 106 valence electrons. The zero-order valence-corrected chi connectivity index (χ0v) is 11.1. The van der Waals surface area contributed by atoms with Crippen LogP contribution in [0.3, 0.4) is 0 Å². The zero-order valence-electron chi connectivity index (χ0n) is 11.1. The summed E-state index contributed by atoms with van der Waals surface area (Å²) in [7, 11) is 0. The van der Waals surface area contributed by atoms with Crippen LogP contribution in [-0.4, -0.2) is 11.7 Å². The SMILES string of the molecule is Cc1ccc(OCC(F)(F)c2ccccc2)c(CO)c1. The van der Waals surface area contributed by atoms with E-state index in [0.29, 0.717) is 5.56 Å². The fourth-order valence-electron chi connectivity index (χ4n) is 1.91. The second-order valence-electron chi connectivity index (χ2n) is 4.63. The third-order valence-corrected chi connectivity index (χ3v) is 2.99. The smallest absolute Gasteiger partial charge is 0.306 e. The molecule has 0 atom stereocenters. The molecule has 0 saturated carbocycles. The summed E-state index contributed by atoms with van der Waals surface area (Å²) < 4.78 is 33.1. The quantitative estimate of drug-likeness (QED) is 0.904. The van der Waals surface area contributed by atoms with E-state index in [2.05, 4.69) is 0 Å². The van der Waals surface area contributed by atoms with E-state index in [0.717, 1.165) is 5.56 Å². The van der Waals surface area contributed by atoms with Crippen LogP contribution in [0.15, 0.2) is 48.5 Å². The normalized spacial score (nSPS) is 11.4. The van der Waals surface area contributed by atoms with Gasteiger partial charge in [-0.05, 0) is 13.0 Å². The molecule has 20 heavy (non-hydrogen) atoms. The van der Waals surface area contributed by atoms with Crippen molar-refractivity contribution in [3.05, 3.63) is 65.2 Å². The molecule has 2 rings (SSSR count). The number of hydrogen-bond acceptors (Lipinski definition) is 2. The summed E-state index contributed by atoms with van der Waals surface area (Å²) in [4.78, 5) is 0. The minimum absolute atomic E-state index is 0.0855. The Balaban J connectivity index is 2.12. The van der Waals surface area contributed by atoms with E-state index < -0.39 is 12.5 Å². The third-order valence-electron chi connectivity index (χ3n) is 2.99. The van der Waals surface area contributed by atoms with Crippen molar-refractivity contribution < 1.29 is 18.6 Å². The van der Waals surface area contributed by atoms with Gasteiger partial charge in [-0.15, -0.1) is 0 Å². The Morgan fingerprint density at radius 3 is 2.45 bits per heavy atom. The van der Waals surface area contributed by atoms with Crippen LogP contribution in [0.1, 0.15) is 16.7 Å². The number of aryl methyl sites for hydroxylation is 1. The van der Waals surface area contributed by atoms with Crippen LogP contribution in [0.25, 0.3) is 0 Å². The van der Waals surface area contributed by atoms with Gasteiger partial charge in [0.05, 0.1) is 6.61 Å². The number of benzene rings is 2. The lowest BCUT2D eigenvalue weighted by atomic mass is 10.1. The van der Waals surface area contributed by atoms with E-state index in [1.165, 1.54) is 12.1 Å². The highest BCUT2D eigenvalue weighted by Crippen LogP contribution is 2.30. The summed E-state index contributed by atoms with van der Waals surface area (Å²) in [5.41, 5.74) is 1.36. The van der Waals surface area contributed by atoms with Crippen molar-refractivity contribution in [2.24, 2.45) is 0 Å². The molecular formula is C16H16F2O2. The van der Waals surface area contributed by atoms with Crippen molar-refractivity contribution in [3.8, 4) is 5.75 Å². The maximum atomic E-state index is 14.0. The van der Waals surface area contributed by atoms with Crippen LogP contribution in [0, 0.1) is 6.92 Å². The van der Waals surface area contributed by atoms with Crippen LogP contribution in [0.5, 0.6) is 5.75 Å². The molecule has 2 aromatic carbocycles. The Hall–Kier alpha value is -1.94. The van der Waals surface area contributed by atoms with Gasteiger partial charge < -0.3 is 9.84 Å². The van der Waals surface area contributed by atoms with Gasteiger partial charge in [-0.1, -0.05) is 48.0 Å². The van der Waals surface area contributed by atoms with Crippen molar-refractivity contribution in [2.75, 3.05) is 6.61 Å². The molecule has 0 aromatic heterocycles. The summed E-state index contributed by atoms with van der Waals surface area (Å²) in [6.07, 6.45) is 0. The lowest BCUT2D eigenvalue weighted by Gasteiger charge is -2.18. The average Bonchev–Trinajstić information content (AvgIpc) is 2.46. The van der Waals surface area contributed by atoms with Gasteiger partial charge in [-0.2, -0.15) is 8.78 Å². The van der Waals surface area contributed by atoms with Gasteiger partial charge in [-0.25, -0.2) is 0 Å². The first-order valence-electron chi connectivity index (χ1n) is 6.29. The predicted octanol–water partition coefficient (Wildman–Crippen LogP) is 3.66. The van der Waals surface area contributed by atoms with Crippen molar-refractivity contribution >= 4 is 0 Å². The van der Waals surface area contributed by atoms with E-state index in [1.54, 1.807) is 36.4 Å². The summed E-state index contributed by atoms with van der Waals surface area (Å²) in [6.45, 7) is 0.864. The maximum absolute atomic E-state index is 14.0. The van der Waals surface area contributed by atoms with Crippen LogP contribution >= 0.6 is 0 Å². The summed E-state index contributed by atoms with van der Waals surface area (Å²) >= 11 is 0. The number of ether oxygens (including phenoxy) is 1. The van der Waals surface area contributed by atoms with Crippen molar-refractivity contribution in [2.45, 2.75) is 19.5 Å². The van der Waals surface area contributed by atoms with Gasteiger partial charge in [0, 0.05) is 11.1 Å². The number of halogens is 2. The van der Waals surface area contributed by atoms with Crippen molar-refractivity contribution in [1.29, 1.82) is 0 Å². The Kier molecular flexibility index (Phi) is 4.35. The second-order valence-corrected chi connectivity index (χ2v) is 4.63. The van der Waals surface area contributed by atoms with Gasteiger partial charge >= 0.3 is 5.92 Å². The fraction of sp³-hybridized carbons (Fsp3) is 0.250. The molecule has 0 fully saturated rings. The molecule has 0 amide bonds. The fourth-order valence-corrected chi connectivity index (χ4v) is 1.91. The summed E-state index contributed by atoms with van der Waals surface area (Å²) in [5, 5.41) is 9.22. The Morgan fingerprint density at radius 1 is 1.10 bits per heavy atom. The van der Waals surface area contributed by atoms with E-state index in [-0.39, 0.29) is 17.9 Å². The molecule has 2 aromatic rings. The summed E-state index contributed by atoms with van der Waals surface area (Å²) in [6, 6.07) is 12.6. The monoisotopic (exact) mass is 278 g/mol. The van der Waals surface area contributed by atoms with Gasteiger partial charge in [0.15, 0.2) is 6.61 Å². The summed E-state index contributed by atoms with van der Waals surface area (Å²) in [5.74, 6) is -2.78. The molecular weight excluding hydrogens is 262 g/mol. The van der Waals surface area contributed by atoms with Crippen LogP contribution in [0.4, 0.5) is 8.78 Å². The predicted molar refractivity (Wildman–Crippen MR) is 72.9 cm³/mol. The first-order valence-corrected chi connectivity index (χ1v) is 6.29. The molecule has 0 spiro atoms. The molecule has 0 radical (unpaired) electrons. The zero-order chi connectivity index (χ0) is 14.6. The Labute approximate surface area is 116 Å².